The minimum Gasteiger partial charge on any atom is -0.366 e. The highest BCUT2D eigenvalue weighted by molar-refractivity contribution is 9.10. The Hall–Kier alpha value is 1.14. The molecule has 0 aromatic rings. The van der Waals surface area contributed by atoms with Gasteiger partial charge in [0.1, 0.15) is 0 Å². The quantitative estimate of drug-likeness (QED) is 0.375. The number of hydrogen-bond acceptors (Lipinski definition) is 1. The summed E-state index contributed by atoms with van der Waals surface area (Å²) in [7, 11) is 0. The monoisotopic (exact) mass is 456 g/mol. The Balaban J connectivity index is 2.38. The van der Waals surface area contributed by atoms with Crippen molar-refractivity contribution in [1.82, 2.24) is 0 Å². The summed E-state index contributed by atoms with van der Waals surface area (Å²) in [5.74, 6) is 0.531. The van der Waals surface area contributed by atoms with Gasteiger partial charge < -0.3 is 4.74 Å². The van der Waals surface area contributed by atoms with E-state index < -0.39 is 0 Å². The second kappa shape index (κ2) is 5.73. The van der Waals surface area contributed by atoms with E-state index in [-0.39, 0.29) is 17.1 Å². The molecule has 2 rings (SSSR count). The molecule has 1 heterocycles. The highest BCUT2D eigenvalue weighted by Crippen LogP contribution is 2.55. The van der Waals surface area contributed by atoms with Crippen molar-refractivity contribution in [3.05, 3.63) is 12.2 Å². The molecule has 1 saturated heterocycles. The maximum atomic E-state index is 6.52. The van der Waals surface area contributed by atoms with Crippen LogP contribution in [0, 0.1) is 11.3 Å². The molecule has 5 unspecified atom stereocenters. The van der Waals surface area contributed by atoms with Gasteiger partial charge in [-0.3, -0.25) is 0 Å². The van der Waals surface area contributed by atoms with Gasteiger partial charge in [-0.25, -0.2) is 0 Å². The number of rotatable bonds is 1. The van der Waals surface area contributed by atoms with E-state index in [1.54, 1.807) is 0 Å². The standard InChI is InChI=1S/C15H23Br3O/c1-9-10(17)7-12-14(2,3)13(18)5-6-15(12,4)19-11(9)8-16/h10-13H,1,5-8H2,2-4H3. The van der Waals surface area contributed by atoms with Crippen LogP contribution in [-0.2, 0) is 4.74 Å². The van der Waals surface area contributed by atoms with Gasteiger partial charge in [0, 0.05) is 15.0 Å². The van der Waals surface area contributed by atoms with E-state index >= 15 is 0 Å². The predicted octanol–water partition coefficient (Wildman–Crippen LogP) is 5.45. The van der Waals surface area contributed by atoms with Crippen LogP contribution in [0.15, 0.2) is 12.2 Å². The van der Waals surface area contributed by atoms with Gasteiger partial charge in [0.05, 0.1) is 11.7 Å². The fraction of sp³-hybridized carbons (Fsp3) is 0.867. The Morgan fingerprint density at radius 2 is 1.95 bits per heavy atom. The minimum absolute atomic E-state index is 0.0440. The molecular weight excluding hydrogens is 436 g/mol. The van der Waals surface area contributed by atoms with Crippen molar-refractivity contribution >= 4 is 47.8 Å². The molecule has 110 valence electrons. The van der Waals surface area contributed by atoms with Crippen molar-refractivity contribution in [2.75, 3.05) is 5.33 Å². The van der Waals surface area contributed by atoms with E-state index in [9.17, 15) is 0 Å². The van der Waals surface area contributed by atoms with Crippen LogP contribution in [0.25, 0.3) is 0 Å². The summed E-state index contributed by atoms with van der Waals surface area (Å²) in [4.78, 5) is 0.911. The van der Waals surface area contributed by atoms with Crippen LogP contribution >= 0.6 is 47.8 Å². The molecule has 0 radical (unpaired) electrons. The Kier molecular flexibility index (Phi) is 4.98. The van der Waals surface area contributed by atoms with Gasteiger partial charge in [-0.05, 0) is 43.1 Å². The summed E-state index contributed by atoms with van der Waals surface area (Å²) >= 11 is 11.3. The molecule has 0 amide bonds. The molecule has 4 heteroatoms. The first kappa shape index (κ1) is 16.5. The zero-order chi connectivity index (χ0) is 14.4. The van der Waals surface area contributed by atoms with Crippen LogP contribution in [-0.4, -0.2) is 26.7 Å². The van der Waals surface area contributed by atoms with Crippen LogP contribution in [0.2, 0.25) is 0 Å². The predicted molar refractivity (Wildman–Crippen MR) is 92.8 cm³/mol. The lowest BCUT2D eigenvalue weighted by Crippen LogP contribution is -2.53. The average molecular weight is 459 g/mol. The Morgan fingerprint density at radius 3 is 2.53 bits per heavy atom. The van der Waals surface area contributed by atoms with E-state index in [4.69, 9.17) is 4.74 Å². The molecule has 0 N–H and O–H groups in total. The van der Waals surface area contributed by atoms with Gasteiger partial charge in [-0.15, -0.1) is 0 Å². The van der Waals surface area contributed by atoms with Gasteiger partial charge in [0.25, 0.3) is 0 Å². The molecule has 19 heavy (non-hydrogen) atoms. The molecule has 1 aliphatic carbocycles. The fourth-order valence-corrected chi connectivity index (χ4v) is 5.51. The molecule has 5 atom stereocenters. The maximum Gasteiger partial charge on any atom is 0.0897 e. The summed E-state index contributed by atoms with van der Waals surface area (Å²) in [6, 6.07) is 0. The van der Waals surface area contributed by atoms with Gasteiger partial charge in [0.2, 0.25) is 0 Å². The molecule has 0 aromatic heterocycles. The maximum absolute atomic E-state index is 6.52. The Bertz CT molecular complexity index is 368. The van der Waals surface area contributed by atoms with Crippen LogP contribution < -0.4 is 0 Å². The third kappa shape index (κ3) is 2.89. The Labute approximate surface area is 142 Å². The molecular formula is C15H23Br3O. The minimum atomic E-state index is -0.0440. The van der Waals surface area contributed by atoms with E-state index in [0.29, 0.717) is 15.6 Å². The summed E-state index contributed by atoms with van der Waals surface area (Å²) in [6.45, 7) is 11.3. The summed E-state index contributed by atoms with van der Waals surface area (Å²) < 4.78 is 6.52. The SMILES string of the molecule is C=C1C(Br)CC2C(C)(CCC(Br)C2(C)C)OC1CBr. The van der Waals surface area contributed by atoms with E-state index in [1.807, 2.05) is 0 Å². The molecule has 1 nitrogen and oxygen atoms in total. The number of alkyl halides is 3. The first-order valence-corrected chi connectivity index (χ1v) is 9.88. The summed E-state index contributed by atoms with van der Waals surface area (Å²) in [6.07, 6.45) is 3.51. The van der Waals surface area contributed by atoms with Crippen LogP contribution in [0.5, 0.6) is 0 Å². The summed E-state index contributed by atoms with van der Waals surface area (Å²) in [5.41, 5.74) is 1.37. The molecule has 0 aromatic carbocycles. The largest absolute Gasteiger partial charge is 0.366 e. The van der Waals surface area contributed by atoms with Crippen LogP contribution in [0.4, 0.5) is 0 Å². The zero-order valence-corrected chi connectivity index (χ0v) is 16.6. The molecule has 0 spiro atoms. The second-order valence-corrected chi connectivity index (χ2v) is 9.59. The van der Waals surface area contributed by atoms with E-state index in [1.165, 1.54) is 12.0 Å². The lowest BCUT2D eigenvalue weighted by molar-refractivity contribution is -0.141. The first-order chi connectivity index (χ1) is 8.72. The highest BCUT2D eigenvalue weighted by Gasteiger charge is 2.54. The molecule has 1 saturated carbocycles. The normalized spacial score (nSPS) is 46.5. The second-order valence-electron chi connectivity index (χ2n) is 6.73. The number of ether oxygens (including phenoxy) is 1. The fourth-order valence-electron chi connectivity index (χ4n) is 3.75. The van der Waals surface area contributed by atoms with E-state index in [2.05, 4.69) is 75.1 Å². The van der Waals surface area contributed by atoms with Crippen LogP contribution in [0.1, 0.15) is 40.0 Å². The van der Waals surface area contributed by atoms with Crippen molar-refractivity contribution < 1.29 is 4.74 Å². The summed E-state index contributed by atoms with van der Waals surface area (Å²) in [5, 5.41) is 0.828. The van der Waals surface area contributed by atoms with Crippen LogP contribution in [0.3, 0.4) is 0 Å². The third-order valence-electron chi connectivity index (χ3n) is 5.15. The lowest BCUT2D eigenvalue weighted by atomic mass is 9.60. The molecule has 2 aliphatic rings. The number of hydrogen-bond donors (Lipinski definition) is 0. The van der Waals surface area contributed by atoms with Crippen molar-refractivity contribution in [2.45, 2.75) is 61.4 Å². The van der Waals surface area contributed by atoms with Crippen molar-refractivity contribution in [3.8, 4) is 0 Å². The van der Waals surface area contributed by atoms with Crippen molar-refractivity contribution in [2.24, 2.45) is 11.3 Å². The Morgan fingerprint density at radius 1 is 1.32 bits per heavy atom. The smallest absolute Gasteiger partial charge is 0.0897 e. The van der Waals surface area contributed by atoms with Crippen molar-refractivity contribution in [3.63, 3.8) is 0 Å². The lowest BCUT2D eigenvalue weighted by Gasteiger charge is -2.53. The third-order valence-corrected chi connectivity index (χ3v) is 8.33. The average Bonchev–Trinajstić information content (AvgIpc) is 2.45. The van der Waals surface area contributed by atoms with Gasteiger partial charge in [0.15, 0.2) is 0 Å². The zero-order valence-electron chi connectivity index (χ0n) is 11.9. The number of halogens is 3. The topological polar surface area (TPSA) is 9.23 Å². The van der Waals surface area contributed by atoms with Crippen molar-refractivity contribution in [1.29, 1.82) is 0 Å². The first-order valence-electron chi connectivity index (χ1n) is 6.93. The van der Waals surface area contributed by atoms with Gasteiger partial charge in [-0.2, -0.15) is 0 Å². The molecule has 1 aliphatic heterocycles. The molecule has 2 fully saturated rings. The van der Waals surface area contributed by atoms with Gasteiger partial charge in [-0.1, -0.05) is 68.2 Å². The number of fused-ring (bicyclic) bond motifs is 1. The van der Waals surface area contributed by atoms with Gasteiger partial charge >= 0.3 is 0 Å². The molecule has 0 bridgehead atoms. The highest BCUT2D eigenvalue weighted by atomic mass is 79.9. The van der Waals surface area contributed by atoms with E-state index in [0.717, 1.165) is 18.2 Å².